The summed E-state index contributed by atoms with van der Waals surface area (Å²) < 4.78 is 5.31. The third kappa shape index (κ3) is 8.26. The number of hydrogen-bond acceptors (Lipinski definition) is 4. The summed E-state index contributed by atoms with van der Waals surface area (Å²) in [5.74, 6) is 1.71. The van der Waals surface area contributed by atoms with Gasteiger partial charge in [0.25, 0.3) is 5.91 Å². The molecule has 0 aliphatic carbocycles. The SMILES string of the molecule is C#Cc1ccccc1C(C(=O)Nc1c(C)cccc1Cl)N(CCCC)C(=O)C(C)NC(=O)OC(C)(C)C. The topological polar surface area (TPSA) is 87.7 Å². The number of amides is 3. The Morgan fingerprint density at radius 3 is 2.41 bits per heavy atom. The zero-order valence-corrected chi connectivity index (χ0v) is 23.1. The van der Waals surface area contributed by atoms with E-state index < -0.39 is 35.6 Å². The lowest BCUT2D eigenvalue weighted by Gasteiger charge is -2.34. The standard InChI is InChI=1S/C29H36ClN3O4/c1-8-10-18-33(27(35)20(4)31-28(36)37-29(5,6)7)25(22-16-12-11-15-21(22)9-2)26(34)32-24-19(3)14-13-17-23(24)30/h2,11-17,20,25H,8,10,18H2,1,3-7H3,(H,31,36)(H,32,34). The molecular weight excluding hydrogens is 490 g/mol. The van der Waals surface area contributed by atoms with Gasteiger partial charge in [-0.15, -0.1) is 6.42 Å². The second-order valence-electron chi connectivity index (χ2n) is 9.81. The summed E-state index contributed by atoms with van der Waals surface area (Å²) in [7, 11) is 0. The van der Waals surface area contributed by atoms with Crippen molar-refractivity contribution in [1.82, 2.24) is 10.2 Å². The quantitative estimate of drug-likeness (QED) is 0.402. The van der Waals surface area contributed by atoms with Crippen LogP contribution in [0.2, 0.25) is 5.02 Å². The number of hydrogen-bond donors (Lipinski definition) is 2. The number of para-hydroxylation sites is 1. The number of aryl methyl sites for hydroxylation is 1. The third-order valence-corrected chi connectivity index (χ3v) is 5.90. The number of unbranched alkanes of at least 4 members (excludes halogenated alkanes) is 1. The normalized spacial score (nSPS) is 12.6. The van der Waals surface area contributed by atoms with Crippen molar-refractivity contribution >= 4 is 35.2 Å². The van der Waals surface area contributed by atoms with Crippen LogP contribution in [-0.2, 0) is 14.3 Å². The molecule has 2 N–H and O–H groups in total. The van der Waals surface area contributed by atoms with E-state index in [9.17, 15) is 14.4 Å². The van der Waals surface area contributed by atoms with Crippen molar-refractivity contribution in [2.75, 3.05) is 11.9 Å². The van der Waals surface area contributed by atoms with Crippen molar-refractivity contribution in [2.45, 2.75) is 72.1 Å². The van der Waals surface area contributed by atoms with Gasteiger partial charge in [-0.05, 0) is 64.3 Å². The van der Waals surface area contributed by atoms with E-state index in [1.54, 1.807) is 64.1 Å². The summed E-state index contributed by atoms with van der Waals surface area (Å²) in [4.78, 5) is 41.5. The maximum Gasteiger partial charge on any atom is 0.408 e. The number of carbonyl (C=O) groups excluding carboxylic acids is 3. The van der Waals surface area contributed by atoms with Crippen molar-refractivity contribution in [3.05, 3.63) is 64.2 Å². The summed E-state index contributed by atoms with van der Waals surface area (Å²) in [6.45, 7) is 10.9. The fourth-order valence-corrected chi connectivity index (χ4v) is 4.06. The fraction of sp³-hybridized carbons (Fsp3) is 0.414. The number of nitrogens with one attached hydrogen (secondary N) is 2. The maximum absolute atomic E-state index is 13.9. The summed E-state index contributed by atoms with van der Waals surface area (Å²) in [6.07, 6.45) is 6.47. The van der Waals surface area contributed by atoms with Gasteiger partial charge in [-0.1, -0.05) is 61.2 Å². The first-order valence-electron chi connectivity index (χ1n) is 12.3. The second kappa shape index (κ2) is 13.2. The van der Waals surface area contributed by atoms with Gasteiger partial charge in [-0.2, -0.15) is 0 Å². The Morgan fingerprint density at radius 1 is 1.14 bits per heavy atom. The van der Waals surface area contributed by atoms with Crippen LogP contribution in [0.25, 0.3) is 0 Å². The molecule has 2 rings (SSSR count). The van der Waals surface area contributed by atoms with Gasteiger partial charge in [0.1, 0.15) is 17.7 Å². The first-order chi connectivity index (χ1) is 17.4. The highest BCUT2D eigenvalue weighted by Gasteiger charge is 2.35. The lowest BCUT2D eigenvalue weighted by atomic mass is 9.97. The molecule has 2 atom stereocenters. The number of benzene rings is 2. The monoisotopic (exact) mass is 525 g/mol. The van der Waals surface area contributed by atoms with E-state index in [0.717, 1.165) is 12.0 Å². The van der Waals surface area contributed by atoms with Crippen molar-refractivity contribution in [3.8, 4) is 12.3 Å². The molecule has 0 spiro atoms. The van der Waals surface area contributed by atoms with Crippen LogP contribution in [-0.4, -0.2) is 41.0 Å². The number of rotatable bonds is 9. The van der Waals surface area contributed by atoms with Crippen LogP contribution in [0.15, 0.2) is 42.5 Å². The molecule has 3 amide bonds. The zero-order chi connectivity index (χ0) is 27.8. The van der Waals surface area contributed by atoms with E-state index >= 15 is 0 Å². The van der Waals surface area contributed by atoms with Gasteiger partial charge in [0.15, 0.2) is 0 Å². The molecule has 2 unspecified atom stereocenters. The highest BCUT2D eigenvalue weighted by molar-refractivity contribution is 6.34. The smallest absolute Gasteiger partial charge is 0.408 e. The van der Waals surface area contributed by atoms with Crippen LogP contribution in [0.4, 0.5) is 10.5 Å². The molecule has 0 bridgehead atoms. The summed E-state index contributed by atoms with van der Waals surface area (Å²) in [5.41, 5.74) is 1.49. The van der Waals surface area contributed by atoms with E-state index in [2.05, 4.69) is 16.6 Å². The molecule has 0 heterocycles. The average Bonchev–Trinajstić information content (AvgIpc) is 2.82. The molecule has 0 aromatic heterocycles. The molecule has 2 aromatic carbocycles. The lowest BCUT2D eigenvalue weighted by molar-refractivity contribution is -0.140. The first kappa shape index (κ1) is 29.7. The number of alkyl carbamates (subject to hydrolysis) is 1. The maximum atomic E-state index is 13.9. The predicted octanol–water partition coefficient (Wildman–Crippen LogP) is 5.85. The number of ether oxygens (including phenoxy) is 1. The van der Waals surface area contributed by atoms with E-state index in [4.69, 9.17) is 22.8 Å². The van der Waals surface area contributed by atoms with Gasteiger partial charge in [0, 0.05) is 12.1 Å². The van der Waals surface area contributed by atoms with Crippen molar-refractivity contribution in [1.29, 1.82) is 0 Å². The van der Waals surface area contributed by atoms with E-state index in [1.165, 1.54) is 4.90 Å². The minimum Gasteiger partial charge on any atom is -0.444 e. The van der Waals surface area contributed by atoms with E-state index in [1.807, 2.05) is 19.9 Å². The largest absolute Gasteiger partial charge is 0.444 e. The van der Waals surface area contributed by atoms with Gasteiger partial charge in [0.2, 0.25) is 5.91 Å². The number of terminal acetylenes is 1. The lowest BCUT2D eigenvalue weighted by Crippen LogP contribution is -2.51. The Hall–Kier alpha value is -3.50. The van der Waals surface area contributed by atoms with Crippen LogP contribution < -0.4 is 10.6 Å². The summed E-state index contributed by atoms with van der Waals surface area (Å²) in [5, 5.41) is 5.87. The first-order valence-corrected chi connectivity index (χ1v) is 12.7. The fourth-order valence-electron chi connectivity index (χ4n) is 3.79. The van der Waals surface area contributed by atoms with Crippen molar-refractivity contribution in [3.63, 3.8) is 0 Å². The van der Waals surface area contributed by atoms with Crippen molar-refractivity contribution < 1.29 is 19.1 Å². The molecule has 37 heavy (non-hydrogen) atoms. The molecule has 0 aliphatic heterocycles. The summed E-state index contributed by atoms with van der Waals surface area (Å²) in [6, 6.07) is 10.3. The number of carbonyl (C=O) groups is 3. The Kier molecular flexibility index (Phi) is 10.6. The molecule has 0 saturated carbocycles. The molecule has 0 fully saturated rings. The molecule has 2 aromatic rings. The third-order valence-electron chi connectivity index (χ3n) is 5.58. The molecular formula is C29H36ClN3O4. The second-order valence-corrected chi connectivity index (χ2v) is 10.2. The van der Waals surface area contributed by atoms with E-state index in [0.29, 0.717) is 28.3 Å². The Balaban J connectivity index is 2.53. The zero-order valence-electron chi connectivity index (χ0n) is 22.4. The molecule has 0 saturated heterocycles. The van der Waals surface area contributed by atoms with Crippen LogP contribution in [0.5, 0.6) is 0 Å². The van der Waals surface area contributed by atoms with Crippen LogP contribution in [0, 0.1) is 19.3 Å². The highest BCUT2D eigenvalue weighted by atomic mass is 35.5. The molecule has 198 valence electrons. The van der Waals surface area contributed by atoms with Crippen LogP contribution >= 0.6 is 11.6 Å². The molecule has 8 heteroatoms. The number of nitrogens with zero attached hydrogens (tertiary/aromatic N) is 1. The predicted molar refractivity (Wildman–Crippen MR) is 147 cm³/mol. The Morgan fingerprint density at radius 2 is 1.81 bits per heavy atom. The average molecular weight is 526 g/mol. The molecule has 0 radical (unpaired) electrons. The van der Waals surface area contributed by atoms with Gasteiger partial charge in [-0.25, -0.2) is 4.79 Å². The Labute approximate surface area is 224 Å². The van der Waals surface area contributed by atoms with Crippen LogP contribution in [0.3, 0.4) is 0 Å². The number of halogens is 1. The van der Waals surface area contributed by atoms with Gasteiger partial charge >= 0.3 is 6.09 Å². The van der Waals surface area contributed by atoms with Gasteiger partial charge in [0.05, 0.1) is 10.7 Å². The van der Waals surface area contributed by atoms with Crippen LogP contribution in [0.1, 0.15) is 70.2 Å². The van der Waals surface area contributed by atoms with Gasteiger partial charge < -0.3 is 20.3 Å². The Bertz CT molecular complexity index is 1150. The van der Waals surface area contributed by atoms with Crippen molar-refractivity contribution in [2.24, 2.45) is 0 Å². The molecule has 0 aliphatic rings. The molecule has 7 nitrogen and oxygen atoms in total. The van der Waals surface area contributed by atoms with E-state index in [-0.39, 0.29) is 6.54 Å². The summed E-state index contributed by atoms with van der Waals surface area (Å²) >= 11 is 6.38. The number of anilines is 1. The van der Waals surface area contributed by atoms with Gasteiger partial charge in [-0.3, -0.25) is 9.59 Å². The minimum atomic E-state index is -1.06. The minimum absolute atomic E-state index is 0.272. The highest BCUT2D eigenvalue weighted by Crippen LogP contribution is 2.30.